The van der Waals surface area contributed by atoms with Crippen LogP contribution < -0.4 is 0 Å². The van der Waals surface area contributed by atoms with Crippen molar-refractivity contribution < 1.29 is 13.2 Å². The van der Waals surface area contributed by atoms with Gasteiger partial charge in [-0.05, 0) is 36.2 Å². The maximum Gasteiger partial charge on any atom is 0.417 e. The molecular weight excluding hydrogens is 283 g/mol. The van der Waals surface area contributed by atoms with Crippen molar-refractivity contribution >= 4 is 22.9 Å². The highest BCUT2D eigenvalue weighted by atomic mass is 32.2. The van der Waals surface area contributed by atoms with E-state index in [0.717, 1.165) is 28.9 Å². The van der Waals surface area contributed by atoms with Crippen molar-refractivity contribution in [1.82, 2.24) is 3.97 Å². The van der Waals surface area contributed by atoms with Crippen molar-refractivity contribution in [2.75, 3.05) is 0 Å². The number of rotatable bonds is 2. The Morgan fingerprint density at radius 1 is 0.850 bits per heavy atom. The first-order valence-corrected chi connectivity index (χ1v) is 6.74. The van der Waals surface area contributed by atoms with Crippen molar-refractivity contribution in [3.63, 3.8) is 0 Å². The summed E-state index contributed by atoms with van der Waals surface area (Å²) in [7, 11) is 0. The van der Waals surface area contributed by atoms with Crippen molar-refractivity contribution in [2.45, 2.75) is 11.1 Å². The molecule has 0 amide bonds. The predicted molar refractivity (Wildman–Crippen MR) is 74.6 cm³/mol. The van der Waals surface area contributed by atoms with E-state index < -0.39 is 11.7 Å². The van der Waals surface area contributed by atoms with Gasteiger partial charge in [-0.1, -0.05) is 30.3 Å². The van der Waals surface area contributed by atoms with Crippen LogP contribution in [-0.2, 0) is 6.18 Å². The average molecular weight is 293 g/mol. The van der Waals surface area contributed by atoms with E-state index >= 15 is 0 Å². The molecule has 0 radical (unpaired) electrons. The second-order valence-corrected chi connectivity index (χ2v) is 5.30. The first-order chi connectivity index (χ1) is 9.55. The zero-order valence-electron chi connectivity index (χ0n) is 10.3. The quantitative estimate of drug-likeness (QED) is 0.627. The van der Waals surface area contributed by atoms with E-state index in [9.17, 15) is 13.2 Å². The molecule has 0 atom stereocenters. The van der Waals surface area contributed by atoms with Gasteiger partial charge >= 0.3 is 6.18 Å². The molecule has 2 aromatic carbocycles. The number of hydrogen-bond acceptors (Lipinski definition) is 1. The highest BCUT2D eigenvalue weighted by Gasteiger charge is 2.33. The molecule has 5 heteroatoms. The summed E-state index contributed by atoms with van der Waals surface area (Å²) in [5.74, 6) is 0. The minimum absolute atomic E-state index is 0.196. The molecule has 0 aliphatic heterocycles. The van der Waals surface area contributed by atoms with Crippen LogP contribution >= 0.6 is 11.9 Å². The standard InChI is InChI=1S/C15H10F3NS/c16-15(17,18)12-6-2-4-8-14(12)20-19-10-9-11-5-1-3-7-13(11)19/h1-10H. The number of fused-ring (bicyclic) bond motifs is 1. The van der Waals surface area contributed by atoms with E-state index in [1.165, 1.54) is 12.1 Å². The first kappa shape index (κ1) is 13.1. The van der Waals surface area contributed by atoms with Crippen LogP contribution in [0.4, 0.5) is 13.2 Å². The summed E-state index contributed by atoms with van der Waals surface area (Å²) in [5.41, 5.74) is 0.289. The van der Waals surface area contributed by atoms with E-state index in [2.05, 4.69) is 0 Å². The zero-order chi connectivity index (χ0) is 14.2. The lowest BCUT2D eigenvalue weighted by atomic mass is 10.2. The van der Waals surface area contributed by atoms with Gasteiger partial charge in [-0.15, -0.1) is 0 Å². The summed E-state index contributed by atoms with van der Waals surface area (Å²) in [5, 5.41) is 1.00. The molecule has 3 aromatic rings. The fraction of sp³-hybridized carbons (Fsp3) is 0.0667. The highest BCUT2D eigenvalue weighted by Crippen LogP contribution is 2.37. The molecule has 0 aliphatic carbocycles. The van der Waals surface area contributed by atoms with Crippen LogP contribution in [0.1, 0.15) is 5.56 Å². The van der Waals surface area contributed by atoms with Gasteiger partial charge in [0.05, 0.1) is 11.1 Å². The number of halogens is 3. The normalized spacial score (nSPS) is 11.9. The van der Waals surface area contributed by atoms with Crippen molar-refractivity contribution in [1.29, 1.82) is 0 Å². The van der Waals surface area contributed by atoms with Gasteiger partial charge in [0, 0.05) is 16.5 Å². The van der Waals surface area contributed by atoms with Gasteiger partial charge in [-0.2, -0.15) is 13.2 Å². The number of aromatic nitrogens is 1. The smallest absolute Gasteiger partial charge is 0.287 e. The van der Waals surface area contributed by atoms with Gasteiger partial charge in [0.25, 0.3) is 0 Å². The maximum absolute atomic E-state index is 13.0. The maximum atomic E-state index is 13.0. The third-order valence-corrected chi connectivity index (χ3v) is 4.02. The third-order valence-electron chi connectivity index (χ3n) is 2.95. The molecule has 3 rings (SSSR count). The van der Waals surface area contributed by atoms with Crippen molar-refractivity contribution in [3.05, 3.63) is 66.4 Å². The minimum Gasteiger partial charge on any atom is -0.287 e. The lowest BCUT2D eigenvalue weighted by Gasteiger charge is -2.12. The second-order valence-electron chi connectivity index (χ2n) is 4.29. The average Bonchev–Trinajstić information content (AvgIpc) is 2.82. The molecule has 0 N–H and O–H groups in total. The van der Waals surface area contributed by atoms with Crippen LogP contribution in [0.3, 0.4) is 0 Å². The summed E-state index contributed by atoms with van der Waals surface area (Å²) >= 11 is 1.07. The van der Waals surface area contributed by atoms with Crippen LogP contribution in [0.5, 0.6) is 0 Å². The van der Waals surface area contributed by atoms with Gasteiger partial charge in [0.1, 0.15) is 0 Å². The van der Waals surface area contributed by atoms with Crippen molar-refractivity contribution in [2.24, 2.45) is 0 Å². The molecular formula is C15H10F3NS. The fourth-order valence-electron chi connectivity index (χ4n) is 2.02. The van der Waals surface area contributed by atoms with Gasteiger partial charge in [0.2, 0.25) is 0 Å². The summed E-state index contributed by atoms with van der Waals surface area (Å²) in [6.07, 6.45) is -2.56. The van der Waals surface area contributed by atoms with Gasteiger partial charge in [0.15, 0.2) is 0 Å². The van der Waals surface area contributed by atoms with Gasteiger partial charge in [-0.3, -0.25) is 3.97 Å². The van der Waals surface area contributed by atoms with Crippen LogP contribution in [0, 0.1) is 0 Å². The summed E-state index contributed by atoms with van der Waals surface area (Å²) in [6, 6.07) is 15.1. The topological polar surface area (TPSA) is 4.93 Å². The Kier molecular flexibility index (Phi) is 3.22. The largest absolute Gasteiger partial charge is 0.417 e. The molecule has 0 unspecified atom stereocenters. The lowest BCUT2D eigenvalue weighted by Crippen LogP contribution is -2.06. The highest BCUT2D eigenvalue weighted by molar-refractivity contribution is 7.98. The molecule has 0 fully saturated rings. The molecule has 102 valence electrons. The Bertz CT molecular complexity index is 746. The molecule has 0 spiro atoms. The number of alkyl halides is 3. The molecule has 0 aliphatic rings. The Labute approximate surface area is 118 Å². The zero-order valence-corrected chi connectivity index (χ0v) is 11.1. The Morgan fingerprint density at radius 3 is 2.35 bits per heavy atom. The predicted octanol–water partition coefficient (Wildman–Crippen LogP) is 5.22. The molecule has 0 saturated heterocycles. The Hall–Kier alpha value is -1.88. The molecule has 1 nitrogen and oxygen atoms in total. The Balaban J connectivity index is 2.04. The monoisotopic (exact) mass is 293 g/mol. The molecule has 0 bridgehead atoms. The summed E-state index contributed by atoms with van der Waals surface area (Å²) in [4.78, 5) is 0.196. The van der Waals surface area contributed by atoms with Gasteiger partial charge in [-0.25, -0.2) is 0 Å². The van der Waals surface area contributed by atoms with E-state index in [0.29, 0.717) is 0 Å². The van der Waals surface area contributed by atoms with E-state index in [-0.39, 0.29) is 4.90 Å². The molecule has 1 heterocycles. The van der Waals surface area contributed by atoms with E-state index in [1.807, 2.05) is 30.3 Å². The first-order valence-electron chi connectivity index (χ1n) is 5.96. The van der Waals surface area contributed by atoms with Crippen LogP contribution in [0.25, 0.3) is 10.9 Å². The van der Waals surface area contributed by atoms with E-state index in [1.54, 1.807) is 16.2 Å². The molecule has 0 saturated carbocycles. The summed E-state index contributed by atoms with van der Waals surface area (Å²) < 4.78 is 40.7. The molecule has 20 heavy (non-hydrogen) atoms. The number of nitrogens with zero attached hydrogens (tertiary/aromatic N) is 1. The minimum atomic E-state index is -4.34. The van der Waals surface area contributed by atoms with Crippen LogP contribution in [0.15, 0.2) is 65.7 Å². The third kappa shape index (κ3) is 2.41. The van der Waals surface area contributed by atoms with Crippen molar-refractivity contribution in [3.8, 4) is 0 Å². The van der Waals surface area contributed by atoms with Crippen LogP contribution in [0.2, 0.25) is 0 Å². The SMILES string of the molecule is FC(F)(F)c1ccccc1Sn1ccc2ccccc21. The number of benzene rings is 2. The lowest BCUT2D eigenvalue weighted by molar-refractivity contribution is -0.139. The number of hydrogen-bond donors (Lipinski definition) is 0. The fourth-order valence-corrected chi connectivity index (χ4v) is 3.04. The second kappa shape index (κ2) is 4.90. The Morgan fingerprint density at radius 2 is 1.55 bits per heavy atom. The van der Waals surface area contributed by atoms with Crippen LogP contribution in [-0.4, -0.2) is 3.97 Å². The molecule has 1 aromatic heterocycles. The number of para-hydroxylation sites is 1. The summed E-state index contributed by atoms with van der Waals surface area (Å²) in [6.45, 7) is 0. The van der Waals surface area contributed by atoms with E-state index in [4.69, 9.17) is 0 Å². The van der Waals surface area contributed by atoms with Gasteiger partial charge < -0.3 is 0 Å².